The minimum Gasteiger partial charge on any atom is -0.382 e. The lowest BCUT2D eigenvalue weighted by Gasteiger charge is -2.02. The maximum Gasteiger partial charge on any atom is 0.296 e. The summed E-state index contributed by atoms with van der Waals surface area (Å²) >= 11 is 1.17. The number of rotatable bonds is 4. The Morgan fingerprint density at radius 1 is 0.935 bits per heavy atom. The summed E-state index contributed by atoms with van der Waals surface area (Å²) in [5.41, 5.74) is 19.3. The van der Waals surface area contributed by atoms with Crippen molar-refractivity contribution in [1.82, 2.24) is 15.0 Å². The van der Waals surface area contributed by atoms with E-state index in [0.29, 0.717) is 26.5 Å². The van der Waals surface area contributed by atoms with Crippen LogP contribution in [0, 0.1) is 6.92 Å². The number of aromatic nitrogens is 3. The predicted octanol–water partition coefficient (Wildman–Crippen LogP) is 3.47. The minimum atomic E-state index is -4.37. The molecular weight excluding hydrogens is 440 g/mol. The molecule has 7 N–H and O–H groups in total. The van der Waals surface area contributed by atoms with Gasteiger partial charge in [0.05, 0.1) is 15.9 Å². The number of anilines is 3. The molecule has 0 atom stereocenters. The molecule has 4 rings (SSSR count). The van der Waals surface area contributed by atoms with Gasteiger partial charge < -0.3 is 17.2 Å². The van der Waals surface area contributed by atoms with E-state index in [4.69, 9.17) is 17.2 Å². The van der Waals surface area contributed by atoms with Gasteiger partial charge in [0.25, 0.3) is 10.1 Å². The second-order valence-corrected chi connectivity index (χ2v) is 8.86. The Morgan fingerprint density at radius 3 is 2.19 bits per heavy atom. The van der Waals surface area contributed by atoms with Crippen molar-refractivity contribution >= 4 is 60.6 Å². The van der Waals surface area contributed by atoms with Gasteiger partial charge in [-0.1, -0.05) is 6.07 Å². The second-order valence-electron chi connectivity index (χ2n) is 6.50. The highest BCUT2D eigenvalue weighted by atomic mass is 32.2. The van der Waals surface area contributed by atoms with Crippen LogP contribution in [0.1, 0.15) is 5.56 Å². The van der Waals surface area contributed by atoms with E-state index in [0.717, 1.165) is 5.56 Å². The number of nitrogens with two attached hydrogens (primary N) is 3. The molecular formula is C18H16N8O3S2. The van der Waals surface area contributed by atoms with Crippen LogP contribution in [0.3, 0.4) is 0 Å². The Balaban J connectivity index is 1.67. The summed E-state index contributed by atoms with van der Waals surface area (Å²) in [6.07, 6.45) is 0. The highest BCUT2D eigenvalue weighted by Gasteiger charge is 2.20. The van der Waals surface area contributed by atoms with Crippen molar-refractivity contribution in [1.29, 1.82) is 0 Å². The largest absolute Gasteiger partial charge is 0.382 e. The van der Waals surface area contributed by atoms with Gasteiger partial charge in [0.2, 0.25) is 5.95 Å². The first kappa shape index (κ1) is 20.6. The molecule has 0 fully saturated rings. The zero-order valence-corrected chi connectivity index (χ0v) is 17.6. The van der Waals surface area contributed by atoms with Crippen LogP contribution in [-0.4, -0.2) is 27.9 Å². The molecule has 2 aromatic carbocycles. The molecule has 0 saturated carbocycles. The normalized spacial score (nSPS) is 12.1. The molecule has 0 unspecified atom stereocenters. The molecule has 0 aliphatic rings. The van der Waals surface area contributed by atoms with Crippen LogP contribution in [0.4, 0.5) is 29.0 Å². The van der Waals surface area contributed by atoms with Crippen LogP contribution in [-0.2, 0) is 10.1 Å². The molecule has 13 heteroatoms. The number of benzene rings is 2. The van der Waals surface area contributed by atoms with Gasteiger partial charge in [-0.05, 0) is 42.8 Å². The van der Waals surface area contributed by atoms with E-state index in [2.05, 4.69) is 25.2 Å². The zero-order valence-electron chi connectivity index (χ0n) is 16.0. The third kappa shape index (κ3) is 4.01. The number of aryl methyl sites for hydroxylation is 1. The predicted molar refractivity (Wildman–Crippen MR) is 119 cm³/mol. The Kier molecular flexibility index (Phi) is 5.00. The highest BCUT2D eigenvalue weighted by molar-refractivity contribution is 7.86. The quantitative estimate of drug-likeness (QED) is 0.262. The molecule has 0 spiro atoms. The third-order valence-corrected chi connectivity index (χ3v) is 6.61. The van der Waals surface area contributed by atoms with Gasteiger partial charge in [0.1, 0.15) is 9.90 Å². The molecule has 0 radical (unpaired) electrons. The summed E-state index contributed by atoms with van der Waals surface area (Å²) in [5, 5.41) is 8.66. The zero-order chi connectivity index (χ0) is 22.3. The Labute approximate surface area is 180 Å². The van der Waals surface area contributed by atoms with Crippen LogP contribution >= 0.6 is 11.3 Å². The standard InChI is InChI=1S/C18H16N8O3S2/c1-8-2-7-11-13(14(8)31(27,28)29)30-17(22-11)9-3-5-10(6-4-9)25-26-12-15(19)23-18(21)24-16(12)20/h2-7H,1H3,(H,27,28,29)(H6,19,20,21,23,24). The summed E-state index contributed by atoms with van der Waals surface area (Å²) in [6.45, 7) is 1.62. The Hall–Kier alpha value is -3.68. The van der Waals surface area contributed by atoms with Gasteiger partial charge in [-0.25, -0.2) is 4.98 Å². The fourth-order valence-electron chi connectivity index (χ4n) is 2.90. The van der Waals surface area contributed by atoms with E-state index in [1.807, 2.05) is 0 Å². The first-order valence-electron chi connectivity index (χ1n) is 8.72. The van der Waals surface area contributed by atoms with Crippen LogP contribution in [0.5, 0.6) is 0 Å². The van der Waals surface area contributed by atoms with Gasteiger partial charge in [-0.15, -0.1) is 16.5 Å². The molecule has 0 amide bonds. The van der Waals surface area contributed by atoms with Crippen molar-refractivity contribution in [3.05, 3.63) is 42.0 Å². The van der Waals surface area contributed by atoms with E-state index < -0.39 is 10.1 Å². The van der Waals surface area contributed by atoms with E-state index in [1.165, 1.54) is 11.3 Å². The number of fused-ring (bicyclic) bond motifs is 1. The summed E-state index contributed by atoms with van der Waals surface area (Å²) in [7, 11) is -4.37. The van der Waals surface area contributed by atoms with E-state index >= 15 is 0 Å². The molecule has 11 nitrogen and oxygen atoms in total. The van der Waals surface area contributed by atoms with Crippen LogP contribution in [0.2, 0.25) is 0 Å². The van der Waals surface area contributed by atoms with Gasteiger partial charge in [-0.3, -0.25) is 4.55 Å². The fraction of sp³-hybridized carbons (Fsp3) is 0.0556. The smallest absolute Gasteiger partial charge is 0.296 e. The molecule has 31 heavy (non-hydrogen) atoms. The molecule has 4 aromatic rings. The van der Waals surface area contributed by atoms with Gasteiger partial charge in [-0.2, -0.15) is 23.5 Å². The molecule has 0 aliphatic heterocycles. The lowest BCUT2D eigenvalue weighted by atomic mass is 10.2. The van der Waals surface area contributed by atoms with Gasteiger partial charge in [0.15, 0.2) is 17.3 Å². The van der Waals surface area contributed by atoms with E-state index in [9.17, 15) is 13.0 Å². The average Bonchev–Trinajstić information content (AvgIpc) is 3.10. The number of nitrogen functional groups attached to an aromatic ring is 3. The van der Waals surface area contributed by atoms with Crippen molar-refractivity contribution < 1.29 is 13.0 Å². The summed E-state index contributed by atoms with van der Waals surface area (Å²) in [4.78, 5) is 11.9. The monoisotopic (exact) mass is 456 g/mol. The van der Waals surface area contributed by atoms with Crippen molar-refractivity contribution in [2.45, 2.75) is 11.8 Å². The number of thiazole rings is 1. The highest BCUT2D eigenvalue weighted by Crippen LogP contribution is 2.36. The average molecular weight is 457 g/mol. The first-order chi connectivity index (χ1) is 14.6. The molecule has 0 saturated heterocycles. The maximum atomic E-state index is 11.8. The third-order valence-electron chi connectivity index (χ3n) is 4.30. The van der Waals surface area contributed by atoms with Gasteiger partial charge >= 0.3 is 0 Å². The van der Waals surface area contributed by atoms with E-state index in [-0.39, 0.29) is 28.2 Å². The Morgan fingerprint density at radius 2 is 1.58 bits per heavy atom. The second kappa shape index (κ2) is 7.54. The summed E-state index contributed by atoms with van der Waals surface area (Å²) in [6, 6.07) is 10.2. The van der Waals surface area contributed by atoms with Crippen LogP contribution in [0.25, 0.3) is 20.8 Å². The first-order valence-corrected chi connectivity index (χ1v) is 11.0. The van der Waals surface area contributed by atoms with Crippen molar-refractivity contribution in [3.8, 4) is 10.6 Å². The topological polar surface area (TPSA) is 196 Å². The molecule has 158 valence electrons. The number of hydrogen-bond acceptors (Lipinski definition) is 11. The lowest BCUT2D eigenvalue weighted by Crippen LogP contribution is -2.03. The molecule has 2 heterocycles. The van der Waals surface area contributed by atoms with Crippen molar-refractivity contribution in [3.63, 3.8) is 0 Å². The number of azo groups is 1. The van der Waals surface area contributed by atoms with Crippen molar-refractivity contribution in [2.75, 3.05) is 17.2 Å². The molecule has 0 bridgehead atoms. The van der Waals surface area contributed by atoms with Crippen LogP contribution < -0.4 is 17.2 Å². The summed E-state index contributed by atoms with van der Waals surface area (Å²) < 4.78 is 33.6. The summed E-state index contributed by atoms with van der Waals surface area (Å²) in [5.74, 6) is -0.0176. The van der Waals surface area contributed by atoms with E-state index in [1.54, 1.807) is 43.3 Å². The molecule has 2 aromatic heterocycles. The maximum absolute atomic E-state index is 11.8. The Bertz CT molecular complexity index is 1420. The number of nitrogens with zero attached hydrogens (tertiary/aromatic N) is 5. The lowest BCUT2D eigenvalue weighted by molar-refractivity contribution is 0.483. The van der Waals surface area contributed by atoms with Crippen LogP contribution in [0.15, 0.2) is 51.5 Å². The SMILES string of the molecule is Cc1ccc2nc(-c3ccc(N=Nc4c(N)nc(N)nc4N)cc3)sc2c1S(=O)(=O)O. The molecule has 0 aliphatic carbocycles. The van der Waals surface area contributed by atoms with Crippen molar-refractivity contribution in [2.24, 2.45) is 10.2 Å². The van der Waals surface area contributed by atoms with Gasteiger partial charge in [0, 0.05) is 5.56 Å². The minimum absolute atomic E-state index is 0.0183. The number of hydrogen-bond donors (Lipinski definition) is 4. The fourth-order valence-corrected chi connectivity index (χ4v) is 5.22.